The summed E-state index contributed by atoms with van der Waals surface area (Å²) in [4.78, 5) is 0. The molecule has 2 aromatic carbocycles. The zero-order chi connectivity index (χ0) is 15.2. The van der Waals surface area contributed by atoms with Crippen molar-refractivity contribution in [1.29, 1.82) is 0 Å². The van der Waals surface area contributed by atoms with Crippen LogP contribution in [-0.4, -0.2) is 13.2 Å². The van der Waals surface area contributed by atoms with Gasteiger partial charge in [0.2, 0.25) is 0 Å². The molecule has 0 fully saturated rings. The van der Waals surface area contributed by atoms with Crippen LogP contribution in [0.4, 0.5) is 0 Å². The molecule has 0 bridgehead atoms. The number of hydrogen-bond donors (Lipinski definition) is 1. The fourth-order valence-electron chi connectivity index (χ4n) is 2.76. The molecule has 2 heteroatoms. The summed E-state index contributed by atoms with van der Waals surface area (Å²) in [6, 6.07) is 13.8. The van der Waals surface area contributed by atoms with Crippen LogP contribution in [0.25, 0.3) is 10.8 Å². The highest BCUT2D eigenvalue weighted by Gasteiger charge is 2.10. The Morgan fingerprint density at radius 2 is 1.76 bits per heavy atom. The average Bonchev–Trinajstić information content (AvgIpc) is 2.51. The summed E-state index contributed by atoms with van der Waals surface area (Å²) >= 11 is 0. The van der Waals surface area contributed by atoms with Gasteiger partial charge in [-0.2, -0.15) is 0 Å². The standard InChI is InChI=1S/C19H27NO/c1-5-6-7-14(2)20-15(3)16-8-9-18-13-19(21-4)11-10-17(18)12-16/h8-15,20H,5-7H2,1-4H3. The molecule has 0 spiro atoms. The predicted molar refractivity (Wildman–Crippen MR) is 91.0 cm³/mol. The lowest BCUT2D eigenvalue weighted by Gasteiger charge is -2.20. The van der Waals surface area contributed by atoms with Gasteiger partial charge in [0.1, 0.15) is 5.75 Å². The third kappa shape index (κ3) is 4.21. The van der Waals surface area contributed by atoms with E-state index < -0.39 is 0 Å². The van der Waals surface area contributed by atoms with Gasteiger partial charge in [0.25, 0.3) is 0 Å². The summed E-state index contributed by atoms with van der Waals surface area (Å²) in [5, 5.41) is 6.19. The molecule has 0 saturated heterocycles. The van der Waals surface area contributed by atoms with Gasteiger partial charge in [-0.05, 0) is 54.8 Å². The summed E-state index contributed by atoms with van der Waals surface area (Å²) in [7, 11) is 1.71. The number of fused-ring (bicyclic) bond motifs is 1. The first-order valence-electron chi connectivity index (χ1n) is 7.97. The maximum atomic E-state index is 5.28. The van der Waals surface area contributed by atoms with Crippen molar-refractivity contribution in [1.82, 2.24) is 5.32 Å². The van der Waals surface area contributed by atoms with E-state index in [0.29, 0.717) is 12.1 Å². The van der Waals surface area contributed by atoms with Crippen molar-refractivity contribution < 1.29 is 4.74 Å². The molecule has 114 valence electrons. The van der Waals surface area contributed by atoms with Crippen LogP contribution in [0, 0.1) is 0 Å². The highest BCUT2D eigenvalue weighted by atomic mass is 16.5. The van der Waals surface area contributed by atoms with Crippen molar-refractivity contribution in [2.24, 2.45) is 0 Å². The number of rotatable bonds is 7. The first kappa shape index (κ1) is 15.8. The Hall–Kier alpha value is -1.54. The van der Waals surface area contributed by atoms with Crippen LogP contribution < -0.4 is 10.1 Å². The number of unbranched alkanes of at least 4 members (excludes halogenated alkanes) is 1. The lowest BCUT2D eigenvalue weighted by Crippen LogP contribution is -2.28. The SMILES string of the molecule is CCCCC(C)NC(C)c1ccc2cc(OC)ccc2c1. The zero-order valence-electron chi connectivity index (χ0n) is 13.6. The Morgan fingerprint density at radius 3 is 2.48 bits per heavy atom. The number of hydrogen-bond acceptors (Lipinski definition) is 2. The van der Waals surface area contributed by atoms with Crippen molar-refractivity contribution in [2.45, 2.75) is 52.1 Å². The Kier molecular flexibility index (Phi) is 5.63. The van der Waals surface area contributed by atoms with Gasteiger partial charge in [-0.15, -0.1) is 0 Å². The Labute approximate surface area is 128 Å². The summed E-state index contributed by atoms with van der Waals surface area (Å²) in [6.07, 6.45) is 3.79. The summed E-state index contributed by atoms with van der Waals surface area (Å²) < 4.78 is 5.28. The quantitative estimate of drug-likeness (QED) is 0.766. The number of benzene rings is 2. The van der Waals surface area contributed by atoms with E-state index in [4.69, 9.17) is 4.74 Å². The molecule has 0 heterocycles. The van der Waals surface area contributed by atoms with Crippen LogP contribution in [-0.2, 0) is 0 Å². The normalized spacial score (nSPS) is 14.1. The van der Waals surface area contributed by atoms with E-state index in [1.807, 2.05) is 6.07 Å². The van der Waals surface area contributed by atoms with Gasteiger partial charge in [0.15, 0.2) is 0 Å². The summed E-state index contributed by atoms with van der Waals surface area (Å²) in [5.74, 6) is 0.912. The Balaban J connectivity index is 2.11. The third-order valence-corrected chi connectivity index (χ3v) is 4.10. The topological polar surface area (TPSA) is 21.3 Å². The molecular weight excluding hydrogens is 258 g/mol. The van der Waals surface area contributed by atoms with Crippen LogP contribution in [0.2, 0.25) is 0 Å². The minimum Gasteiger partial charge on any atom is -0.497 e. The fraction of sp³-hybridized carbons (Fsp3) is 0.474. The van der Waals surface area contributed by atoms with Gasteiger partial charge in [0, 0.05) is 12.1 Å². The van der Waals surface area contributed by atoms with E-state index >= 15 is 0 Å². The van der Waals surface area contributed by atoms with Crippen LogP contribution in [0.3, 0.4) is 0 Å². The van der Waals surface area contributed by atoms with Crippen molar-refractivity contribution >= 4 is 10.8 Å². The van der Waals surface area contributed by atoms with Crippen molar-refractivity contribution in [3.8, 4) is 5.75 Å². The maximum absolute atomic E-state index is 5.28. The highest BCUT2D eigenvalue weighted by Crippen LogP contribution is 2.24. The fourth-order valence-corrected chi connectivity index (χ4v) is 2.76. The molecule has 0 aliphatic heterocycles. The minimum absolute atomic E-state index is 0.378. The molecule has 0 aliphatic carbocycles. The van der Waals surface area contributed by atoms with Gasteiger partial charge in [-0.3, -0.25) is 0 Å². The van der Waals surface area contributed by atoms with Gasteiger partial charge < -0.3 is 10.1 Å². The molecule has 0 saturated carbocycles. The summed E-state index contributed by atoms with van der Waals surface area (Å²) in [6.45, 7) is 6.76. The van der Waals surface area contributed by atoms with Crippen molar-refractivity contribution in [3.05, 3.63) is 42.0 Å². The second-order valence-electron chi connectivity index (χ2n) is 5.90. The van der Waals surface area contributed by atoms with Crippen LogP contribution in [0.15, 0.2) is 36.4 Å². The van der Waals surface area contributed by atoms with Gasteiger partial charge in [-0.1, -0.05) is 38.0 Å². The van der Waals surface area contributed by atoms with Crippen LogP contribution in [0.1, 0.15) is 51.6 Å². The molecule has 2 unspecified atom stereocenters. The largest absolute Gasteiger partial charge is 0.497 e. The van der Waals surface area contributed by atoms with E-state index in [1.54, 1.807) is 7.11 Å². The third-order valence-electron chi connectivity index (χ3n) is 4.10. The average molecular weight is 285 g/mol. The lowest BCUT2D eigenvalue weighted by molar-refractivity contribution is 0.415. The molecule has 0 aliphatic rings. The van der Waals surface area contributed by atoms with Crippen molar-refractivity contribution in [2.75, 3.05) is 7.11 Å². The molecule has 2 atom stereocenters. The van der Waals surface area contributed by atoms with E-state index in [9.17, 15) is 0 Å². The van der Waals surface area contributed by atoms with Crippen LogP contribution >= 0.6 is 0 Å². The molecule has 2 aromatic rings. The predicted octanol–water partition coefficient (Wildman–Crippen LogP) is 5.08. The molecule has 2 nitrogen and oxygen atoms in total. The number of ether oxygens (including phenoxy) is 1. The number of nitrogens with one attached hydrogen (secondary N) is 1. The van der Waals surface area contributed by atoms with Crippen LogP contribution in [0.5, 0.6) is 5.75 Å². The molecule has 1 N–H and O–H groups in total. The van der Waals surface area contributed by atoms with Gasteiger partial charge in [0.05, 0.1) is 7.11 Å². The Bertz CT molecular complexity index is 579. The summed E-state index contributed by atoms with van der Waals surface area (Å²) in [5.41, 5.74) is 1.34. The molecule has 0 radical (unpaired) electrons. The molecule has 2 rings (SSSR count). The monoisotopic (exact) mass is 285 g/mol. The van der Waals surface area contributed by atoms with E-state index in [-0.39, 0.29) is 0 Å². The van der Waals surface area contributed by atoms with E-state index in [1.165, 1.54) is 35.6 Å². The van der Waals surface area contributed by atoms with Gasteiger partial charge in [-0.25, -0.2) is 0 Å². The van der Waals surface area contributed by atoms with Crippen molar-refractivity contribution in [3.63, 3.8) is 0 Å². The minimum atomic E-state index is 0.378. The molecular formula is C19H27NO. The molecule has 21 heavy (non-hydrogen) atoms. The highest BCUT2D eigenvalue weighted by molar-refractivity contribution is 5.84. The second kappa shape index (κ2) is 7.46. The first-order valence-corrected chi connectivity index (χ1v) is 7.97. The lowest BCUT2D eigenvalue weighted by atomic mass is 10.0. The maximum Gasteiger partial charge on any atom is 0.119 e. The Morgan fingerprint density at radius 1 is 1.05 bits per heavy atom. The first-order chi connectivity index (χ1) is 10.1. The smallest absolute Gasteiger partial charge is 0.119 e. The van der Waals surface area contributed by atoms with E-state index in [0.717, 1.165) is 5.75 Å². The zero-order valence-corrected chi connectivity index (χ0v) is 13.6. The molecule has 0 aromatic heterocycles. The molecule has 0 amide bonds. The number of methoxy groups -OCH3 is 1. The van der Waals surface area contributed by atoms with E-state index in [2.05, 4.69) is 56.4 Å². The second-order valence-corrected chi connectivity index (χ2v) is 5.90. The van der Waals surface area contributed by atoms with Gasteiger partial charge >= 0.3 is 0 Å².